The molecule has 1 aromatic carbocycles. The van der Waals surface area contributed by atoms with Crippen LogP contribution in [0.3, 0.4) is 0 Å². The van der Waals surface area contributed by atoms with Crippen LogP contribution in [0.2, 0.25) is 0 Å². The highest BCUT2D eigenvalue weighted by Crippen LogP contribution is 2.18. The Bertz CT molecular complexity index is 472. The first kappa shape index (κ1) is 12.4. The van der Waals surface area contributed by atoms with E-state index >= 15 is 0 Å². The molecule has 2 N–H and O–H groups in total. The van der Waals surface area contributed by atoms with Crippen LogP contribution < -0.4 is 10.6 Å². The summed E-state index contributed by atoms with van der Waals surface area (Å²) in [6, 6.07) is 10.2. The summed E-state index contributed by atoms with van der Waals surface area (Å²) in [6.07, 6.45) is 6.02. The van der Waals surface area contributed by atoms with Crippen molar-refractivity contribution in [3.8, 4) is 0 Å². The third-order valence-electron chi connectivity index (χ3n) is 2.84. The Kier molecular flexibility index (Phi) is 4.18. The molecule has 94 valence electrons. The van der Waals surface area contributed by atoms with Crippen molar-refractivity contribution in [2.24, 2.45) is 4.99 Å². The van der Waals surface area contributed by atoms with Gasteiger partial charge in [0, 0.05) is 30.2 Å². The molecular formula is C15H19N3. The molecule has 1 aromatic rings. The molecule has 2 rings (SSSR count). The Morgan fingerprint density at radius 3 is 2.72 bits per heavy atom. The van der Waals surface area contributed by atoms with Gasteiger partial charge in [0.1, 0.15) is 6.17 Å². The van der Waals surface area contributed by atoms with Crippen LogP contribution in [0.5, 0.6) is 0 Å². The second kappa shape index (κ2) is 6.05. The van der Waals surface area contributed by atoms with E-state index in [0.717, 1.165) is 17.8 Å². The van der Waals surface area contributed by atoms with E-state index < -0.39 is 0 Å². The van der Waals surface area contributed by atoms with Crippen molar-refractivity contribution in [1.29, 1.82) is 0 Å². The highest BCUT2D eigenvalue weighted by Gasteiger charge is 2.12. The van der Waals surface area contributed by atoms with Gasteiger partial charge < -0.3 is 10.6 Å². The second-order valence-electron chi connectivity index (χ2n) is 4.09. The number of benzene rings is 1. The van der Waals surface area contributed by atoms with Crippen LogP contribution in [0.4, 0.5) is 0 Å². The number of hydrogen-bond acceptors (Lipinski definition) is 3. The van der Waals surface area contributed by atoms with Crippen molar-refractivity contribution in [3.05, 3.63) is 59.4 Å². The predicted molar refractivity (Wildman–Crippen MR) is 76.3 cm³/mol. The molecule has 3 nitrogen and oxygen atoms in total. The van der Waals surface area contributed by atoms with E-state index in [4.69, 9.17) is 0 Å². The van der Waals surface area contributed by atoms with Crippen molar-refractivity contribution in [1.82, 2.24) is 10.6 Å². The molecule has 0 spiro atoms. The van der Waals surface area contributed by atoms with Gasteiger partial charge in [-0.05, 0) is 19.4 Å². The van der Waals surface area contributed by atoms with Gasteiger partial charge >= 0.3 is 0 Å². The topological polar surface area (TPSA) is 36.4 Å². The fraction of sp³-hybridized carbons (Fsp3) is 0.267. The molecule has 1 aliphatic heterocycles. The molecule has 0 aliphatic carbocycles. The van der Waals surface area contributed by atoms with Gasteiger partial charge in [-0.3, -0.25) is 4.99 Å². The first-order valence-electron chi connectivity index (χ1n) is 6.30. The lowest BCUT2D eigenvalue weighted by atomic mass is 10.1. The fourth-order valence-electron chi connectivity index (χ4n) is 1.93. The van der Waals surface area contributed by atoms with Gasteiger partial charge in [0.05, 0.1) is 0 Å². The Balaban J connectivity index is 2.07. The Labute approximate surface area is 108 Å². The summed E-state index contributed by atoms with van der Waals surface area (Å²) in [5.74, 6) is 0. The van der Waals surface area contributed by atoms with Crippen LogP contribution in [0.1, 0.15) is 25.6 Å². The van der Waals surface area contributed by atoms with Gasteiger partial charge in [-0.15, -0.1) is 0 Å². The maximum absolute atomic E-state index is 4.55. The molecule has 1 aliphatic rings. The molecule has 0 bridgehead atoms. The molecule has 0 aromatic heterocycles. The van der Waals surface area contributed by atoms with Crippen LogP contribution in [-0.2, 0) is 0 Å². The lowest BCUT2D eigenvalue weighted by Crippen LogP contribution is -2.22. The summed E-state index contributed by atoms with van der Waals surface area (Å²) in [6.45, 7) is 5.02. The average Bonchev–Trinajstić information content (AvgIpc) is 2.46. The maximum atomic E-state index is 4.55. The first-order chi connectivity index (χ1) is 8.85. The normalized spacial score (nSPS) is 19.1. The fourth-order valence-corrected chi connectivity index (χ4v) is 1.93. The van der Waals surface area contributed by atoms with Gasteiger partial charge in [0.2, 0.25) is 0 Å². The van der Waals surface area contributed by atoms with Gasteiger partial charge in [-0.25, -0.2) is 0 Å². The quantitative estimate of drug-likeness (QED) is 0.850. The molecule has 0 saturated heterocycles. The first-order valence-corrected chi connectivity index (χ1v) is 6.30. The van der Waals surface area contributed by atoms with Gasteiger partial charge in [-0.2, -0.15) is 0 Å². The number of likely N-dealkylation sites (N-methyl/N-ethyl adjacent to an activating group) is 1. The van der Waals surface area contributed by atoms with Crippen molar-refractivity contribution in [2.45, 2.75) is 20.0 Å². The molecule has 0 amide bonds. The summed E-state index contributed by atoms with van der Waals surface area (Å²) >= 11 is 0. The van der Waals surface area contributed by atoms with Gasteiger partial charge in [0.25, 0.3) is 0 Å². The number of nitrogens with zero attached hydrogens (tertiary/aromatic N) is 1. The number of nitrogens with one attached hydrogen (secondary N) is 2. The Hall–Kier alpha value is -2.03. The van der Waals surface area contributed by atoms with E-state index in [1.165, 1.54) is 5.56 Å². The highest BCUT2D eigenvalue weighted by molar-refractivity contribution is 5.85. The van der Waals surface area contributed by atoms with E-state index in [1.54, 1.807) is 0 Å². The zero-order valence-electron chi connectivity index (χ0n) is 10.9. The average molecular weight is 241 g/mol. The van der Waals surface area contributed by atoms with E-state index in [2.05, 4.69) is 40.8 Å². The third kappa shape index (κ3) is 2.80. The van der Waals surface area contributed by atoms with Gasteiger partial charge in [-0.1, -0.05) is 36.4 Å². The largest absolute Gasteiger partial charge is 0.385 e. The van der Waals surface area contributed by atoms with Crippen molar-refractivity contribution in [3.63, 3.8) is 0 Å². The van der Waals surface area contributed by atoms with Crippen molar-refractivity contribution >= 4 is 6.21 Å². The Morgan fingerprint density at radius 1 is 1.39 bits per heavy atom. The number of aliphatic imine (C=N–C) groups is 1. The smallest absolute Gasteiger partial charge is 0.144 e. The minimum absolute atomic E-state index is 0.0229. The SMILES string of the molecule is C/C=C(\NCC)C1=CNC(c2ccccc2)N=C1. The summed E-state index contributed by atoms with van der Waals surface area (Å²) in [5, 5.41) is 6.64. The number of allylic oxidation sites excluding steroid dienone is 2. The van der Waals surface area contributed by atoms with Gasteiger partial charge in [0.15, 0.2) is 0 Å². The highest BCUT2D eigenvalue weighted by atomic mass is 15.1. The molecule has 1 heterocycles. The standard InChI is InChI=1S/C15H19N3/c1-3-14(16-4-2)13-10-17-15(18-11-13)12-8-6-5-7-9-12/h3,5-11,15-17H,4H2,1-2H3/b14-3-. The minimum Gasteiger partial charge on any atom is -0.385 e. The van der Waals surface area contributed by atoms with Crippen LogP contribution in [-0.4, -0.2) is 12.8 Å². The zero-order valence-corrected chi connectivity index (χ0v) is 10.9. The summed E-state index contributed by atoms with van der Waals surface area (Å²) in [4.78, 5) is 4.55. The van der Waals surface area contributed by atoms with Crippen LogP contribution in [0.25, 0.3) is 0 Å². The zero-order chi connectivity index (χ0) is 12.8. The monoisotopic (exact) mass is 241 g/mol. The van der Waals surface area contributed by atoms with Crippen LogP contribution >= 0.6 is 0 Å². The lowest BCUT2D eigenvalue weighted by Gasteiger charge is -2.20. The number of hydrogen-bond donors (Lipinski definition) is 2. The molecule has 0 radical (unpaired) electrons. The van der Waals surface area contributed by atoms with Crippen molar-refractivity contribution < 1.29 is 0 Å². The van der Waals surface area contributed by atoms with Crippen LogP contribution in [0, 0.1) is 0 Å². The third-order valence-corrected chi connectivity index (χ3v) is 2.84. The summed E-state index contributed by atoms with van der Waals surface area (Å²) < 4.78 is 0. The summed E-state index contributed by atoms with van der Waals surface area (Å²) in [7, 11) is 0. The molecule has 0 saturated carbocycles. The molecule has 1 atom stereocenters. The van der Waals surface area contributed by atoms with Crippen LogP contribution in [0.15, 0.2) is 58.9 Å². The van der Waals surface area contributed by atoms with Crippen molar-refractivity contribution in [2.75, 3.05) is 6.54 Å². The van der Waals surface area contributed by atoms with E-state index in [-0.39, 0.29) is 6.17 Å². The summed E-state index contributed by atoms with van der Waals surface area (Å²) in [5.41, 5.74) is 3.38. The number of rotatable bonds is 4. The second-order valence-corrected chi connectivity index (χ2v) is 4.09. The molecule has 0 fully saturated rings. The van der Waals surface area contributed by atoms with E-state index in [0.29, 0.717) is 0 Å². The lowest BCUT2D eigenvalue weighted by molar-refractivity contribution is 0.647. The van der Waals surface area contributed by atoms with E-state index in [1.807, 2.05) is 37.5 Å². The molecule has 1 unspecified atom stereocenters. The maximum Gasteiger partial charge on any atom is 0.144 e. The predicted octanol–water partition coefficient (Wildman–Crippen LogP) is 2.76. The molecule has 18 heavy (non-hydrogen) atoms. The molecule has 3 heteroatoms. The van der Waals surface area contributed by atoms with E-state index in [9.17, 15) is 0 Å². The molecular weight excluding hydrogens is 222 g/mol. The minimum atomic E-state index is 0.0229. The Morgan fingerprint density at radius 2 is 2.17 bits per heavy atom.